The van der Waals surface area contributed by atoms with E-state index in [1.165, 1.54) is 13.3 Å². The van der Waals surface area contributed by atoms with Gasteiger partial charge in [-0.1, -0.05) is 37.2 Å². The van der Waals surface area contributed by atoms with Crippen LogP contribution in [0.2, 0.25) is 0 Å². The first-order chi connectivity index (χ1) is 18.0. The highest BCUT2D eigenvalue weighted by Crippen LogP contribution is 2.31. The summed E-state index contributed by atoms with van der Waals surface area (Å²) in [6.45, 7) is 4.55. The van der Waals surface area contributed by atoms with E-state index < -0.39 is 0 Å². The first kappa shape index (κ1) is 23.9. The maximum absolute atomic E-state index is 12.3. The molecule has 0 aliphatic carbocycles. The summed E-state index contributed by atoms with van der Waals surface area (Å²) in [4.78, 5) is 25.6. The van der Waals surface area contributed by atoms with Crippen LogP contribution in [-0.4, -0.2) is 50.0 Å². The molecule has 37 heavy (non-hydrogen) atoms. The van der Waals surface area contributed by atoms with E-state index in [2.05, 4.69) is 39.6 Å². The maximum atomic E-state index is 12.3. The second kappa shape index (κ2) is 10.1. The number of hydrogen-bond acceptors (Lipinski definition) is 9. The second-order valence-electron chi connectivity index (χ2n) is 8.63. The van der Waals surface area contributed by atoms with E-state index >= 15 is 0 Å². The number of benzene rings is 1. The molecule has 4 heterocycles. The topological polar surface area (TPSA) is 133 Å². The highest BCUT2D eigenvalue weighted by molar-refractivity contribution is 6.00. The molecule has 1 amide bonds. The average molecular weight is 499 g/mol. The Labute approximate surface area is 212 Å². The number of fused-ring (bicyclic) bond motifs is 1. The van der Waals surface area contributed by atoms with Gasteiger partial charge in [0.2, 0.25) is 0 Å². The summed E-state index contributed by atoms with van der Waals surface area (Å²) in [5, 5.41) is 15.7. The summed E-state index contributed by atoms with van der Waals surface area (Å²) in [6, 6.07) is 11.5. The van der Waals surface area contributed by atoms with Gasteiger partial charge >= 0.3 is 0 Å². The third-order valence-electron chi connectivity index (χ3n) is 5.87. The van der Waals surface area contributed by atoms with Crippen LogP contribution < -0.4 is 15.4 Å². The number of aromatic nitrogens is 6. The number of carbonyl (C=O) groups excluding carboxylic acids is 1. The molecule has 5 aromatic rings. The van der Waals surface area contributed by atoms with Crippen molar-refractivity contribution in [3.8, 4) is 17.3 Å². The zero-order valence-electron chi connectivity index (χ0n) is 20.9. The average Bonchev–Trinajstić information content (AvgIpc) is 3.54. The van der Waals surface area contributed by atoms with E-state index in [4.69, 9.17) is 19.3 Å². The smallest absolute Gasteiger partial charge is 0.254 e. The Hall–Kier alpha value is -4.80. The lowest BCUT2D eigenvalue weighted by molar-refractivity contribution is 0.0963. The minimum Gasteiger partial charge on any atom is -0.491 e. The number of nitrogens with one attached hydrogen (secondary N) is 2. The Kier molecular flexibility index (Phi) is 6.50. The van der Waals surface area contributed by atoms with Crippen molar-refractivity contribution in [2.45, 2.75) is 26.3 Å². The molecule has 11 nitrogen and oxygen atoms in total. The Morgan fingerprint density at radius 3 is 2.78 bits per heavy atom. The molecule has 0 spiro atoms. The van der Waals surface area contributed by atoms with E-state index in [1.807, 2.05) is 35.0 Å². The van der Waals surface area contributed by atoms with Crippen molar-refractivity contribution in [3.63, 3.8) is 0 Å². The van der Waals surface area contributed by atoms with Gasteiger partial charge in [0, 0.05) is 30.9 Å². The van der Waals surface area contributed by atoms with Crippen LogP contribution in [0.15, 0.2) is 59.5 Å². The van der Waals surface area contributed by atoms with E-state index in [0.717, 1.165) is 16.6 Å². The van der Waals surface area contributed by atoms with Gasteiger partial charge in [0.05, 0.1) is 35.8 Å². The number of anilines is 2. The molecule has 0 radical (unpaired) electrons. The third kappa shape index (κ3) is 4.70. The molecule has 4 aromatic heterocycles. The Morgan fingerprint density at radius 1 is 1.19 bits per heavy atom. The number of carbonyl (C=O) groups is 1. The number of ether oxygens (including phenoxy) is 1. The number of pyridine rings is 1. The molecule has 0 aliphatic heterocycles. The molecule has 0 atom stereocenters. The Balaban J connectivity index is 1.55. The number of methoxy groups -OCH3 is 1. The lowest BCUT2D eigenvalue weighted by Crippen LogP contribution is -2.19. The molecule has 1 aromatic carbocycles. The number of rotatable bonds is 8. The van der Waals surface area contributed by atoms with Gasteiger partial charge in [0.25, 0.3) is 5.91 Å². The number of para-hydroxylation sites is 1. The van der Waals surface area contributed by atoms with Crippen molar-refractivity contribution < 1.29 is 14.1 Å². The fraction of sp³-hybridized carbons (Fsp3) is 0.231. The molecular weight excluding hydrogens is 472 g/mol. The van der Waals surface area contributed by atoms with Crippen LogP contribution in [0.25, 0.3) is 22.4 Å². The lowest BCUT2D eigenvalue weighted by Gasteiger charge is -2.13. The van der Waals surface area contributed by atoms with Crippen LogP contribution in [0.5, 0.6) is 5.75 Å². The van der Waals surface area contributed by atoms with Crippen LogP contribution in [0.3, 0.4) is 0 Å². The summed E-state index contributed by atoms with van der Waals surface area (Å²) < 4.78 is 12.9. The van der Waals surface area contributed by atoms with Crippen LogP contribution in [-0.2, 0) is 6.54 Å². The SMILES string of the molecule is CNC(=O)c1cnccc1Nc1nc(-c2nn(Cc3cc(C(C)C)no3)c3ccccc23)ncc1OC. The third-order valence-corrected chi connectivity index (χ3v) is 5.87. The molecule has 0 aliphatic rings. The Bertz CT molecular complexity index is 1570. The predicted octanol–water partition coefficient (Wildman–Crippen LogP) is 4.16. The van der Waals surface area contributed by atoms with Gasteiger partial charge < -0.3 is 19.9 Å². The fourth-order valence-corrected chi connectivity index (χ4v) is 3.91. The van der Waals surface area contributed by atoms with Crippen molar-refractivity contribution in [2.75, 3.05) is 19.5 Å². The van der Waals surface area contributed by atoms with E-state index in [0.29, 0.717) is 46.6 Å². The first-order valence-electron chi connectivity index (χ1n) is 11.7. The van der Waals surface area contributed by atoms with Gasteiger partial charge in [-0.25, -0.2) is 9.97 Å². The summed E-state index contributed by atoms with van der Waals surface area (Å²) in [5.74, 6) is 1.90. The quantitative estimate of drug-likeness (QED) is 0.323. The minimum absolute atomic E-state index is 0.269. The normalized spacial score (nSPS) is 11.2. The van der Waals surface area contributed by atoms with Crippen LogP contribution >= 0.6 is 0 Å². The summed E-state index contributed by atoms with van der Waals surface area (Å²) in [6.07, 6.45) is 4.65. The zero-order valence-corrected chi connectivity index (χ0v) is 20.9. The molecule has 0 fully saturated rings. The molecule has 5 rings (SSSR count). The van der Waals surface area contributed by atoms with E-state index in [-0.39, 0.29) is 11.8 Å². The van der Waals surface area contributed by atoms with Crippen LogP contribution in [0.4, 0.5) is 11.5 Å². The molecule has 11 heteroatoms. The van der Waals surface area contributed by atoms with Gasteiger partial charge in [-0.15, -0.1) is 0 Å². The van der Waals surface area contributed by atoms with E-state index in [9.17, 15) is 4.79 Å². The second-order valence-corrected chi connectivity index (χ2v) is 8.63. The standard InChI is InChI=1S/C26H26N8O3/c1-15(2)20-11-16(37-33-20)14-34-21-8-6-5-7-17(21)23(32-34)25-29-13-22(36-4)24(31-25)30-19-9-10-28-12-18(19)26(35)27-3/h5-13,15H,14H2,1-4H3,(H,27,35)(H,28,29,30,31). The van der Waals surface area contributed by atoms with Gasteiger partial charge in [-0.05, 0) is 18.1 Å². The lowest BCUT2D eigenvalue weighted by atomic mass is 10.1. The van der Waals surface area contributed by atoms with Gasteiger partial charge in [0.1, 0.15) is 12.2 Å². The van der Waals surface area contributed by atoms with Crippen molar-refractivity contribution in [3.05, 3.63) is 72.0 Å². The molecule has 0 saturated carbocycles. The minimum atomic E-state index is -0.276. The summed E-state index contributed by atoms with van der Waals surface area (Å²) in [5.41, 5.74) is 3.30. The van der Waals surface area contributed by atoms with Crippen molar-refractivity contribution >= 4 is 28.3 Å². The highest BCUT2D eigenvalue weighted by atomic mass is 16.5. The maximum Gasteiger partial charge on any atom is 0.254 e. The number of hydrogen-bond donors (Lipinski definition) is 2. The molecule has 188 valence electrons. The van der Waals surface area contributed by atoms with Gasteiger partial charge in [0.15, 0.2) is 23.2 Å². The predicted molar refractivity (Wildman–Crippen MR) is 138 cm³/mol. The number of nitrogens with zero attached hydrogens (tertiary/aromatic N) is 6. The van der Waals surface area contributed by atoms with Crippen molar-refractivity contribution in [1.29, 1.82) is 0 Å². The van der Waals surface area contributed by atoms with Crippen LogP contribution in [0.1, 0.15) is 41.6 Å². The Morgan fingerprint density at radius 2 is 2.03 bits per heavy atom. The van der Waals surface area contributed by atoms with Crippen LogP contribution in [0, 0.1) is 0 Å². The molecule has 2 N–H and O–H groups in total. The molecule has 0 saturated heterocycles. The van der Waals surface area contributed by atoms with E-state index in [1.54, 1.807) is 25.5 Å². The first-order valence-corrected chi connectivity index (χ1v) is 11.7. The molecule has 0 bridgehead atoms. The molecular formula is C26H26N8O3. The van der Waals surface area contributed by atoms with Crippen molar-refractivity contribution in [1.82, 2.24) is 35.2 Å². The van der Waals surface area contributed by atoms with Crippen molar-refractivity contribution in [2.24, 2.45) is 0 Å². The zero-order chi connectivity index (χ0) is 25.9. The van der Waals surface area contributed by atoms with Gasteiger partial charge in [-0.3, -0.25) is 14.5 Å². The monoisotopic (exact) mass is 498 g/mol. The highest BCUT2D eigenvalue weighted by Gasteiger charge is 2.19. The van der Waals surface area contributed by atoms with Gasteiger partial charge in [-0.2, -0.15) is 5.10 Å². The molecule has 0 unspecified atom stereocenters. The fourth-order valence-electron chi connectivity index (χ4n) is 3.91. The summed E-state index contributed by atoms with van der Waals surface area (Å²) in [7, 11) is 3.09. The number of amides is 1. The summed E-state index contributed by atoms with van der Waals surface area (Å²) >= 11 is 0. The largest absolute Gasteiger partial charge is 0.491 e.